The summed E-state index contributed by atoms with van der Waals surface area (Å²) in [5, 5.41) is 0. The maximum Gasteiger partial charge on any atom is 0.326 e. The van der Waals surface area contributed by atoms with Crippen molar-refractivity contribution in [2.45, 2.75) is 37.6 Å². The fourth-order valence-electron chi connectivity index (χ4n) is 2.45. The van der Waals surface area contributed by atoms with Gasteiger partial charge in [0, 0.05) is 18.9 Å². The molecule has 1 fully saturated rings. The normalized spacial score (nSPS) is 20.9. The van der Waals surface area contributed by atoms with Crippen LogP contribution >= 0.6 is 0 Å². The molecule has 4 heteroatoms. The fraction of sp³-hybridized carbons (Fsp3) is 0.700. The van der Waals surface area contributed by atoms with Gasteiger partial charge in [-0.2, -0.15) is 0 Å². The Morgan fingerprint density at radius 2 is 2.14 bits per heavy atom. The van der Waals surface area contributed by atoms with Crippen LogP contribution in [0.15, 0.2) is 17.2 Å². The zero-order valence-electron chi connectivity index (χ0n) is 8.33. The van der Waals surface area contributed by atoms with E-state index in [-0.39, 0.29) is 11.2 Å². The minimum atomic E-state index is -0.116. The molecule has 0 aromatic carbocycles. The first-order valence-electron chi connectivity index (χ1n) is 5.25. The SMILES string of the molecule is NCC1(n2cc[nH]c2=O)CCCCC1. The Morgan fingerprint density at radius 1 is 1.43 bits per heavy atom. The Kier molecular flexibility index (Phi) is 2.46. The van der Waals surface area contributed by atoms with Gasteiger partial charge in [0.25, 0.3) is 0 Å². The molecule has 14 heavy (non-hydrogen) atoms. The molecular weight excluding hydrogens is 178 g/mol. The lowest BCUT2D eigenvalue weighted by atomic mass is 9.81. The van der Waals surface area contributed by atoms with Crippen molar-refractivity contribution < 1.29 is 0 Å². The summed E-state index contributed by atoms with van der Waals surface area (Å²) in [6, 6.07) is 0. The van der Waals surface area contributed by atoms with Crippen LogP contribution in [0.3, 0.4) is 0 Å². The van der Waals surface area contributed by atoms with Gasteiger partial charge in [-0.25, -0.2) is 4.79 Å². The molecule has 1 heterocycles. The van der Waals surface area contributed by atoms with Gasteiger partial charge in [0.2, 0.25) is 0 Å². The van der Waals surface area contributed by atoms with Crippen LogP contribution in [-0.4, -0.2) is 16.1 Å². The maximum atomic E-state index is 11.5. The molecular formula is C10H17N3O. The molecule has 0 atom stereocenters. The highest BCUT2D eigenvalue weighted by molar-refractivity contribution is 4.95. The lowest BCUT2D eigenvalue weighted by Crippen LogP contribution is -2.46. The third kappa shape index (κ3) is 1.39. The molecule has 1 aliphatic carbocycles. The van der Waals surface area contributed by atoms with E-state index in [4.69, 9.17) is 5.73 Å². The average molecular weight is 195 g/mol. The molecule has 1 saturated carbocycles. The molecule has 1 aromatic heterocycles. The minimum Gasteiger partial charge on any atom is -0.328 e. The van der Waals surface area contributed by atoms with Gasteiger partial charge >= 0.3 is 5.69 Å². The summed E-state index contributed by atoms with van der Waals surface area (Å²) in [4.78, 5) is 14.2. The third-order valence-electron chi connectivity index (χ3n) is 3.32. The van der Waals surface area contributed by atoms with E-state index in [1.54, 1.807) is 10.8 Å². The smallest absolute Gasteiger partial charge is 0.326 e. The molecule has 2 rings (SSSR count). The van der Waals surface area contributed by atoms with Crippen molar-refractivity contribution in [2.24, 2.45) is 5.73 Å². The number of hydrogen-bond acceptors (Lipinski definition) is 2. The average Bonchev–Trinajstić information content (AvgIpc) is 2.66. The predicted octanol–water partition coefficient (Wildman–Crippen LogP) is 0.794. The molecule has 78 valence electrons. The predicted molar refractivity (Wildman–Crippen MR) is 55.2 cm³/mol. The lowest BCUT2D eigenvalue weighted by Gasteiger charge is -2.36. The number of nitrogens with zero attached hydrogens (tertiary/aromatic N) is 1. The summed E-state index contributed by atoms with van der Waals surface area (Å²) < 4.78 is 1.78. The Morgan fingerprint density at radius 3 is 2.64 bits per heavy atom. The van der Waals surface area contributed by atoms with E-state index in [1.807, 2.05) is 6.20 Å². The van der Waals surface area contributed by atoms with Gasteiger partial charge in [-0.05, 0) is 12.8 Å². The van der Waals surface area contributed by atoms with Gasteiger partial charge in [0.15, 0.2) is 0 Å². The Hall–Kier alpha value is -1.03. The van der Waals surface area contributed by atoms with E-state index in [1.165, 1.54) is 19.3 Å². The second kappa shape index (κ2) is 3.61. The number of imidazole rings is 1. The van der Waals surface area contributed by atoms with Crippen LogP contribution in [0, 0.1) is 0 Å². The van der Waals surface area contributed by atoms with Gasteiger partial charge in [-0.15, -0.1) is 0 Å². The molecule has 0 bridgehead atoms. The number of aromatic amines is 1. The molecule has 0 amide bonds. The van der Waals surface area contributed by atoms with E-state index in [2.05, 4.69) is 4.98 Å². The second-order valence-electron chi connectivity index (χ2n) is 4.12. The molecule has 0 aliphatic heterocycles. The van der Waals surface area contributed by atoms with Crippen molar-refractivity contribution in [1.29, 1.82) is 0 Å². The van der Waals surface area contributed by atoms with E-state index >= 15 is 0 Å². The lowest BCUT2D eigenvalue weighted by molar-refractivity contribution is 0.197. The van der Waals surface area contributed by atoms with Crippen molar-refractivity contribution in [3.8, 4) is 0 Å². The van der Waals surface area contributed by atoms with Crippen LogP contribution in [0.25, 0.3) is 0 Å². The largest absolute Gasteiger partial charge is 0.328 e. The third-order valence-corrected chi connectivity index (χ3v) is 3.32. The summed E-state index contributed by atoms with van der Waals surface area (Å²) in [6.07, 6.45) is 9.18. The molecule has 1 aromatic rings. The van der Waals surface area contributed by atoms with E-state index in [9.17, 15) is 4.79 Å². The van der Waals surface area contributed by atoms with E-state index in [0.717, 1.165) is 12.8 Å². The van der Waals surface area contributed by atoms with Crippen LogP contribution < -0.4 is 11.4 Å². The van der Waals surface area contributed by atoms with Crippen molar-refractivity contribution in [3.05, 3.63) is 22.9 Å². The molecule has 0 radical (unpaired) electrons. The summed E-state index contributed by atoms with van der Waals surface area (Å²) in [6.45, 7) is 0.560. The number of hydrogen-bond donors (Lipinski definition) is 2. The first-order valence-corrected chi connectivity index (χ1v) is 5.25. The molecule has 0 spiro atoms. The standard InChI is InChI=1S/C10H17N3O/c11-8-10(4-2-1-3-5-10)13-7-6-12-9(13)14/h6-7H,1-5,8,11H2,(H,12,14). The van der Waals surface area contributed by atoms with E-state index < -0.39 is 0 Å². The molecule has 3 N–H and O–H groups in total. The van der Waals surface area contributed by atoms with E-state index in [0.29, 0.717) is 6.54 Å². The van der Waals surface area contributed by atoms with Crippen molar-refractivity contribution in [1.82, 2.24) is 9.55 Å². The second-order valence-corrected chi connectivity index (χ2v) is 4.12. The van der Waals surface area contributed by atoms with Crippen molar-refractivity contribution >= 4 is 0 Å². The van der Waals surface area contributed by atoms with Gasteiger partial charge in [0.1, 0.15) is 0 Å². The Labute approximate surface area is 83.1 Å². The zero-order valence-corrected chi connectivity index (χ0v) is 8.33. The van der Waals surface area contributed by atoms with Crippen molar-refractivity contribution in [2.75, 3.05) is 6.54 Å². The van der Waals surface area contributed by atoms with Gasteiger partial charge < -0.3 is 10.7 Å². The number of nitrogens with one attached hydrogen (secondary N) is 1. The van der Waals surface area contributed by atoms with Gasteiger partial charge in [0.05, 0.1) is 5.54 Å². The summed E-state index contributed by atoms with van der Waals surface area (Å²) in [5.74, 6) is 0. The maximum absolute atomic E-state index is 11.5. The Balaban J connectivity index is 2.36. The summed E-state index contributed by atoms with van der Waals surface area (Å²) in [7, 11) is 0. The van der Waals surface area contributed by atoms with Gasteiger partial charge in [-0.1, -0.05) is 19.3 Å². The quantitative estimate of drug-likeness (QED) is 0.733. The number of aromatic nitrogens is 2. The highest BCUT2D eigenvalue weighted by atomic mass is 16.1. The highest BCUT2D eigenvalue weighted by Gasteiger charge is 2.33. The fourth-order valence-corrected chi connectivity index (χ4v) is 2.45. The molecule has 4 nitrogen and oxygen atoms in total. The van der Waals surface area contributed by atoms with Gasteiger partial charge in [-0.3, -0.25) is 4.57 Å². The van der Waals surface area contributed by atoms with Crippen LogP contribution in [0.4, 0.5) is 0 Å². The topological polar surface area (TPSA) is 63.8 Å². The van der Waals surface area contributed by atoms with Crippen molar-refractivity contribution in [3.63, 3.8) is 0 Å². The summed E-state index contributed by atoms with van der Waals surface area (Å²) in [5.41, 5.74) is 5.68. The van der Waals surface area contributed by atoms with Crippen LogP contribution in [0.2, 0.25) is 0 Å². The molecule has 0 saturated heterocycles. The monoisotopic (exact) mass is 195 g/mol. The zero-order chi connectivity index (χ0) is 10.0. The minimum absolute atomic E-state index is 0.0302. The highest BCUT2D eigenvalue weighted by Crippen LogP contribution is 2.32. The molecule has 0 unspecified atom stereocenters. The summed E-state index contributed by atoms with van der Waals surface area (Å²) >= 11 is 0. The van der Waals surface area contributed by atoms with Crippen LogP contribution in [0.1, 0.15) is 32.1 Å². The number of H-pyrrole nitrogens is 1. The first-order chi connectivity index (χ1) is 6.78. The number of nitrogens with two attached hydrogens (primary N) is 1. The molecule has 1 aliphatic rings. The number of rotatable bonds is 2. The van der Waals surface area contributed by atoms with Crippen LogP contribution in [0.5, 0.6) is 0 Å². The Bertz CT molecular complexity index is 346. The van der Waals surface area contributed by atoms with Crippen LogP contribution in [-0.2, 0) is 5.54 Å². The first kappa shape index (κ1) is 9.52.